The Balaban J connectivity index is 1.72. The van der Waals surface area contributed by atoms with Crippen molar-refractivity contribution in [2.45, 2.75) is 26.8 Å². The molecule has 0 aliphatic carbocycles. The van der Waals surface area contributed by atoms with Crippen molar-refractivity contribution < 1.29 is 9.53 Å². The number of nitrogens with zero attached hydrogens (tertiary/aromatic N) is 4. The van der Waals surface area contributed by atoms with Gasteiger partial charge in [-0.3, -0.25) is 9.69 Å². The summed E-state index contributed by atoms with van der Waals surface area (Å²) in [5.41, 5.74) is 2.02. The minimum atomic E-state index is -0.117. The van der Waals surface area contributed by atoms with Gasteiger partial charge in [0.1, 0.15) is 5.69 Å². The van der Waals surface area contributed by atoms with Gasteiger partial charge in [-0.25, -0.2) is 9.50 Å². The minimum Gasteiger partial charge on any atom is -0.379 e. The average molecular weight is 331 g/mol. The molecule has 1 saturated heterocycles. The quantitative estimate of drug-likeness (QED) is 0.889. The highest BCUT2D eigenvalue weighted by molar-refractivity contribution is 5.93. The summed E-state index contributed by atoms with van der Waals surface area (Å²) in [6.07, 6.45) is 1.66. The molecule has 1 atom stereocenters. The van der Waals surface area contributed by atoms with E-state index in [1.807, 2.05) is 6.92 Å². The first-order valence-corrected chi connectivity index (χ1v) is 8.47. The first-order valence-electron chi connectivity index (χ1n) is 8.47. The number of rotatable bonds is 5. The average Bonchev–Trinajstić information content (AvgIpc) is 3.03. The van der Waals surface area contributed by atoms with Gasteiger partial charge in [-0.15, -0.1) is 0 Å². The Morgan fingerprint density at radius 1 is 1.38 bits per heavy atom. The molecule has 24 heavy (non-hydrogen) atoms. The molecule has 2 aromatic rings. The maximum atomic E-state index is 12.7. The van der Waals surface area contributed by atoms with Gasteiger partial charge in [0.15, 0.2) is 5.65 Å². The second-order valence-corrected chi connectivity index (χ2v) is 6.55. The van der Waals surface area contributed by atoms with Crippen LogP contribution in [-0.2, 0) is 4.74 Å². The highest BCUT2D eigenvalue weighted by atomic mass is 16.5. The van der Waals surface area contributed by atoms with Crippen LogP contribution >= 0.6 is 0 Å². The second kappa shape index (κ2) is 7.27. The first kappa shape index (κ1) is 16.9. The fourth-order valence-electron chi connectivity index (χ4n) is 3.18. The van der Waals surface area contributed by atoms with Gasteiger partial charge in [0.2, 0.25) is 0 Å². The summed E-state index contributed by atoms with van der Waals surface area (Å²) in [5.74, 6) is 0.334. The molecular weight excluding hydrogens is 306 g/mol. The molecule has 3 heterocycles. The third kappa shape index (κ3) is 3.57. The molecule has 130 valence electrons. The number of aromatic nitrogens is 3. The molecule has 1 N–H and O–H groups in total. The van der Waals surface area contributed by atoms with Crippen LogP contribution in [0.3, 0.4) is 0 Å². The molecule has 0 spiro atoms. The number of amides is 1. The van der Waals surface area contributed by atoms with E-state index in [0.29, 0.717) is 29.8 Å². The van der Waals surface area contributed by atoms with Crippen molar-refractivity contribution in [1.29, 1.82) is 0 Å². The van der Waals surface area contributed by atoms with Gasteiger partial charge in [0.25, 0.3) is 5.91 Å². The number of aryl methyl sites for hydroxylation is 1. The second-order valence-electron chi connectivity index (χ2n) is 6.55. The zero-order valence-corrected chi connectivity index (χ0v) is 14.5. The third-order valence-electron chi connectivity index (χ3n) is 4.48. The lowest BCUT2D eigenvalue weighted by Crippen LogP contribution is -2.51. The smallest absolute Gasteiger partial charge is 0.270 e. The lowest BCUT2D eigenvalue weighted by atomic mass is 10.0. The zero-order valence-electron chi connectivity index (χ0n) is 14.5. The fraction of sp³-hybridized carbons (Fsp3) is 0.588. The molecule has 0 radical (unpaired) electrons. The summed E-state index contributed by atoms with van der Waals surface area (Å²) in [4.78, 5) is 19.4. The SMILES string of the molecule is Cc1cc(C(=O)NCC(C(C)C)N2CCOCC2)n2nccc2n1. The first-order chi connectivity index (χ1) is 11.6. The Hall–Kier alpha value is -1.99. The minimum absolute atomic E-state index is 0.117. The van der Waals surface area contributed by atoms with E-state index < -0.39 is 0 Å². The van der Waals surface area contributed by atoms with E-state index in [1.165, 1.54) is 0 Å². The number of hydrogen-bond acceptors (Lipinski definition) is 5. The number of morpholine rings is 1. The topological polar surface area (TPSA) is 71.8 Å². The lowest BCUT2D eigenvalue weighted by molar-refractivity contribution is 0.00671. The molecule has 1 aliphatic heterocycles. The molecule has 7 nitrogen and oxygen atoms in total. The van der Waals surface area contributed by atoms with Crippen molar-refractivity contribution in [3.63, 3.8) is 0 Å². The van der Waals surface area contributed by atoms with Crippen molar-refractivity contribution >= 4 is 11.6 Å². The maximum Gasteiger partial charge on any atom is 0.270 e. The van der Waals surface area contributed by atoms with Gasteiger partial charge in [0, 0.05) is 37.4 Å². The predicted octanol–water partition coefficient (Wildman–Crippen LogP) is 1.12. The molecule has 1 aliphatic rings. The Labute approximate surface area is 142 Å². The summed E-state index contributed by atoms with van der Waals surface area (Å²) in [6, 6.07) is 3.87. The lowest BCUT2D eigenvalue weighted by Gasteiger charge is -2.36. The monoisotopic (exact) mass is 331 g/mol. The van der Waals surface area contributed by atoms with Crippen LogP contribution in [0.2, 0.25) is 0 Å². The summed E-state index contributed by atoms with van der Waals surface area (Å²) in [6.45, 7) is 10.2. The highest BCUT2D eigenvalue weighted by Gasteiger charge is 2.24. The molecule has 0 aromatic carbocycles. The van der Waals surface area contributed by atoms with Crippen LogP contribution in [0.1, 0.15) is 30.0 Å². The molecule has 0 bridgehead atoms. The van der Waals surface area contributed by atoms with Gasteiger partial charge >= 0.3 is 0 Å². The summed E-state index contributed by atoms with van der Waals surface area (Å²) in [7, 11) is 0. The van der Waals surface area contributed by atoms with Crippen LogP contribution < -0.4 is 5.32 Å². The number of nitrogens with one attached hydrogen (secondary N) is 1. The van der Waals surface area contributed by atoms with E-state index in [4.69, 9.17) is 4.74 Å². The Bertz CT molecular complexity index is 706. The number of hydrogen-bond donors (Lipinski definition) is 1. The third-order valence-corrected chi connectivity index (χ3v) is 4.48. The summed E-state index contributed by atoms with van der Waals surface area (Å²) >= 11 is 0. The van der Waals surface area contributed by atoms with Crippen LogP contribution in [0.5, 0.6) is 0 Å². The Morgan fingerprint density at radius 2 is 2.12 bits per heavy atom. The van der Waals surface area contributed by atoms with E-state index >= 15 is 0 Å². The number of fused-ring (bicyclic) bond motifs is 1. The van der Waals surface area contributed by atoms with Crippen molar-refractivity contribution in [3.05, 3.63) is 29.7 Å². The number of carbonyl (C=O) groups excluding carboxylic acids is 1. The van der Waals surface area contributed by atoms with Crippen molar-refractivity contribution in [1.82, 2.24) is 24.8 Å². The van der Waals surface area contributed by atoms with E-state index in [9.17, 15) is 4.79 Å². The molecule has 1 unspecified atom stereocenters. The van der Waals surface area contributed by atoms with Crippen LogP contribution in [0, 0.1) is 12.8 Å². The molecule has 2 aromatic heterocycles. The van der Waals surface area contributed by atoms with E-state index in [-0.39, 0.29) is 5.91 Å². The largest absolute Gasteiger partial charge is 0.379 e. The van der Waals surface area contributed by atoms with Crippen LogP contribution in [0.4, 0.5) is 0 Å². The van der Waals surface area contributed by atoms with Gasteiger partial charge in [0.05, 0.1) is 19.4 Å². The molecule has 1 fully saturated rings. The standard InChI is InChI=1S/C17H25N5O2/c1-12(2)15(21-6-8-24-9-7-21)11-18-17(23)14-10-13(3)20-16-4-5-19-22(14)16/h4-5,10,12,15H,6-9,11H2,1-3H3,(H,18,23). The van der Waals surface area contributed by atoms with Crippen LogP contribution in [-0.4, -0.2) is 64.3 Å². The molecule has 7 heteroatoms. The van der Waals surface area contributed by atoms with Crippen LogP contribution in [0.15, 0.2) is 18.3 Å². The van der Waals surface area contributed by atoms with E-state index in [2.05, 4.69) is 34.1 Å². The highest BCUT2D eigenvalue weighted by Crippen LogP contribution is 2.13. The van der Waals surface area contributed by atoms with Crippen molar-refractivity contribution in [2.24, 2.45) is 5.92 Å². The summed E-state index contributed by atoms with van der Waals surface area (Å²) in [5, 5.41) is 7.28. The van der Waals surface area contributed by atoms with Crippen LogP contribution in [0.25, 0.3) is 5.65 Å². The van der Waals surface area contributed by atoms with Crippen molar-refractivity contribution in [3.8, 4) is 0 Å². The van der Waals surface area contributed by atoms with Gasteiger partial charge in [-0.1, -0.05) is 13.8 Å². The van der Waals surface area contributed by atoms with Gasteiger partial charge < -0.3 is 10.1 Å². The maximum absolute atomic E-state index is 12.7. The Kier molecular flexibility index (Phi) is 5.11. The fourth-order valence-corrected chi connectivity index (χ4v) is 3.18. The summed E-state index contributed by atoms with van der Waals surface area (Å²) < 4.78 is 7.01. The van der Waals surface area contributed by atoms with Crippen molar-refractivity contribution in [2.75, 3.05) is 32.8 Å². The normalized spacial score (nSPS) is 17.3. The Morgan fingerprint density at radius 3 is 2.83 bits per heavy atom. The predicted molar refractivity (Wildman–Crippen MR) is 91.1 cm³/mol. The van der Waals surface area contributed by atoms with Gasteiger partial charge in [-0.05, 0) is 18.9 Å². The zero-order chi connectivity index (χ0) is 17.1. The molecule has 1 amide bonds. The number of carbonyl (C=O) groups is 1. The van der Waals surface area contributed by atoms with E-state index in [0.717, 1.165) is 32.0 Å². The molecule has 3 rings (SSSR count). The van der Waals surface area contributed by atoms with E-state index in [1.54, 1.807) is 22.8 Å². The molecule has 0 saturated carbocycles. The number of ether oxygens (including phenoxy) is 1. The molecular formula is C17H25N5O2. The van der Waals surface area contributed by atoms with Gasteiger partial charge in [-0.2, -0.15) is 5.10 Å².